The van der Waals surface area contributed by atoms with E-state index < -0.39 is 5.97 Å². The van der Waals surface area contributed by atoms with E-state index in [0.717, 1.165) is 56.8 Å². The third-order valence-corrected chi connectivity index (χ3v) is 3.77. The Morgan fingerprint density at radius 1 is 1.40 bits per heavy atom. The topological polar surface area (TPSA) is 59.3 Å². The van der Waals surface area contributed by atoms with Crippen molar-refractivity contribution in [3.05, 3.63) is 39.3 Å². The Morgan fingerprint density at radius 3 is 2.85 bits per heavy atom. The number of carboxylic acids is 1. The Bertz CT molecular complexity index is 584. The normalized spacial score (nSPS) is 14.4. The summed E-state index contributed by atoms with van der Waals surface area (Å²) in [6.45, 7) is 2.83. The van der Waals surface area contributed by atoms with Crippen molar-refractivity contribution >= 4 is 12.0 Å². The van der Waals surface area contributed by atoms with Crippen molar-refractivity contribution in [1.29, 1.82) is 0 Å². The maximum atomic E-state index is 12.5. The molecule has 1 aromatic heterocycles. The zero-order valence-corrected chi connectivity index (χ0v) is 11.9. The van der Waals surface area contributed by atoms with Crippen LogP contribution in [0.2, 0.25) is 0 Å². The van der Waals surface area contributed by atoms with E-state index >= 15 is 0 Å². The summed E-state index contributed by atoms with van der Waals surface area (Å²) in [6.07, 6.45) is 8.67. The second kappa shape index (κ2) is 6.55. The van der Waals surface area contributed by atoms with Gasteiger partial charge in [0.1, 0.15) is 0 Å². The van der Waals surface area contributed by atoms with Gasteiger partial charge in [-0.05, 0) is 49.8 Å². The molecule has 0 saturated heterocycles. The van der Waals surface area contributed by atoms with Crippen molar-refractivity contribution in [3.63, 3.8) is 0 Å². The lowest BCUT2D eigenvalue weighted by atomic mass is 9.94. The van der Waals surface area contributed by atoms with Crippen molar-refractivity contribution < 1.29 is 9.90 Å². The number of rotatable bonds is 5. The quantitative estimate of drug-likeness (QED) is 0.840. The lowest BCUT2D eigenvalue weighted by Crippen LogP contribution is -2.28. The van der Waals surface area contributed by atoms with Gasteiger partial charge < -0.3 is 9.67 Å². The van der Waals surface area contributed by atoms with E-state index in [0.29, 0.717) is 5.56 Å². The molecule has 108 valence electrons. The minimum Gasteiger partial charge on any atom is -0.478 e. The molecule has 4 heteroatoms. The molecule has 0 aromatic carbocycles. The van der Waals surface area contributed by atoms with Crippen LogP contribution in [-0.4, -0.2) is 15.6 Å². The number of unbranched alkanes of at least 4 members (excludes halogenated alkanes) is 1. The number of carbonyl (C=O) groups is 1. The number of nitrogens with zero attached hydrogens (tertiary/aromatic N) is 1. The van der Waals surface area contributed by atoms with Gasteiger partial charge in [0.2, 0.25) is 0 Å². The van der Waals surface area contributed by atoms with Crippen molar-refractivity contribution in [3.8, 4) is 0 Å². The van der Waals surface area contributed by atoms with E-state index in [9.17, 15) is 9.59 Å². The number of fused-ring (bicyclic) bond motifs is 1. The summed E-state index contributed by atoms with van der Waals surface area (Å²) in [5, 5.41) is 8.72. The van der Waals surface area contributed by atoms with Gasteiger partial charge in [-0.3, -0.25) is 4.79 Å². The van der Waals surface area contributed by atoms with Gasteiger partial charge in [0, 0.05) is 23.9 Å². The second-order valence-corrected chi connectivity index (χ2v) is 5.26. The van der Waals surface area contributed by atoms with Gasteiger partial charge in [0.05, 0.1) is 0 Å². The highest BCUT2D eigenvalue weighted by molar-refractivity contribution is 5.85. The van der Waals surface area contributed by atoms with Crippen molar-refractivity contribution in [1.82, 2.24) is 4.57 Å². The molecular formula is C16H21NO3. The number of aryl methyl sites for hydroxylation is 1. The SMILES string of the molecule is CCCCn1c2c(cc(/C=C/C(=O)O)c1=O)CCCC2. The van der Waals surface area contributed by atoms with Crippen LogP contribution in [-0.2, 0) is 24.2 Å². The minimum atomic E-state index is -1.03. The number of pyridine rings is 1. The molecular weight excluding hydrogens is 254 g/mol. The molecule has 2 rings (SSSR count). The van der Waals surface area contributed by atoms with Gasteiger partial charge in [0.15, 0.2) is 0 Å². The molecule has 0 aliphatic heterocycles. The first kappa shape index (κ1) is 14.6. The minimum absolute atomic E-state index is 0.0587. The van der Waals surface area contributed by atoms with E-state index in [-0.39, 0.29) is 5.56 Å². The predicted octanol–water partition coefficient (Wildman–Crippen LogP) is 2.63. The summed E-state index contributed by atoms with van der Waals surface area (Å²) in [7, 11) is 0. The van der Waals surface area contributed by atoms with Crippen LogP contribution in [0.4, 0.5) is 0 Å². The highest BCUT2D eigenvalue weighted by atomic mass is 16.4. The Labute approximate surface area is 118 Å². The monoisotopic (exact) mass is 275 g/mol. The first-order chi connectivity index (χ1) is 9.63. The summed E-state index contributed by atoms with van der Waals surface area (Å²) in [5.74, 6) is -1.03. The van der Waals surface area contributed by atoms with Gasteiger partial charge in [0.25, 0.3) is 5.56 Å². The Kier molecular flexibility index (Phi) is 4.77. The van der Waals surface area contributed by atoms with Crippen molar-refractivity contribution in [2.24, 2.45) is 0 Å². The van der Waals surface area contributed by atoms with E-state index in [1.807, 2.05) is 10.6 Å². The summed E-state index contributed by atoms with van der Waals surface area (Å²) in [6, 6.07) is 1.87. The summed E-state index contributed by atoms with van der Waals surface area (Å²) in [5.41, 5.74) is 2.79. The summed E-state index contributed by atoms with van der Waals surface area (Å²) in [4.78, 5) is 23.1. The molecule has 1 heterocycles. The molecule has 1 aliphatic carbocycles. The summed E-state index contributed by atoms with van der Waals surface area (Å²) >= 11 is 0. The van der Waals surface area contributed by atoms with Gasteiger partial charge in [-0.2, -0.15) is 0 Å². The van der Waals surface area contributed by atoms with Crippen LogP contribution in [0, 0.1) is 0 Å². The van der Waals surface area contributed by atoms with Crippen LogP contribution in [0.15, 0.2) is 16.9 Å². The van der Waals surface area contributed by atoms with Crippen molar-refractivity contribution in [2.75, 3.05) is 0 Å². The average Bonchev–Trinajstić information content (AvgIpc) is 2.44. The average molecular weight is 275 g/mol. The number of carboxylic acid groups (broad SMARTS) is 1. The largest absolute Gasteiger partial charge is 0.478 e. The molecule has 0 saturated carbocycles. The number of hydrogen-bond acceptors (Lipinski definition) is 2. The molecule has 20 heavy (non-hydrogen) atoms. The smallest absolute Gasteiger partial charge is 0.328 e. The lowest BCUT2D eigenvalue weighted by Gasteiger charge is -2.22. The molecule has 1 aliphatic rings. The van der Waals surface area contributed by atoms with Crippen LogP contribution < -0.4 is 5.56 Å². The molecule has 0 unspecified atom stereocenters. The van der Waals surface area contributed by atoms with Gasteiger partial charge >= 0.3 is 5.97 Å². The number of hydrogen-bond donors (Lipinski definition) is 1. The maximum absolute atomic E-state index is 12.5. The van der Waals surface area contributed by atoms with Gasteiger partial charge in [-0.1, -0.05) is 13.3 Å². The van der Waals surface area contributed by atoms with E-state index in [2.05, 4.69) is 6.92 Å². The van der Waals surface area contributed by atoms with Gasteiger partial charge in [-0.15, -0.1) is 0 Å². The van der Waals surface area contributed by atoms with Crippen molar-refractivity contribution in [2.45, 2.75) is 52.0 Å². The first-order valence-corrected chi connectivity index (χ1v) is 7.30. The fourth-order valence-electron chi connectivity index (χ4n) is 2.74. The van der Waals surface area contributed by atoms with Crippen LogP contribution in [0.5, 0.6) is 0 Å². The lowest BCUT2D eigenvalue weighted by molar-refractivity contribution is -0.131. The third kappa shape index (κ3) is 3.18. The second-order valence-electron chi connectivity index (χ2n) is 5.26. The summed E-state index contributed by atoms with van der Waals surface area (Å²) < 4.78 is 1.86. The van der Waals surface area contributed by atoms with Crippen LogP contribution in [0.1, 0.15) is 49.4 Å². The van der Waals surface area contributed by atoms with Gasteiger partial charge in [-0.25, -0.2) is 4.79 Å². The Balaban J connectivity index is 2.48. The Hall–Kier alpha value is -1.84. The number of aromatic nitrogens is 1. The van der Waals surface area contributed by atoms with E-state index in [1.54, 1.807) is 0 Å². The fourth-order valence-corrected chi connectivity index (χ4v) is 2.74. The van der Waals surface area contributed by atoms with E-state index in [4.69, 9.17) is 5.11 Å². The third-order valence-electron chi connectivity index (χ3n) is 3.77. The van der Waals surface area contributed by atoms with Crippen LogP contribution in [0.3, 0.4) is 0 Å². The molecule has 4 nitrogen and oxygen atoms in total. The standard InChI is InChI=1S/C16H21NO3/c1-2-3-10-17-14-7-5-4-6-12(14)11-13(16(17)20)8-9-15(18)19/h8-9,11H,2-7,10H2,1H3,(H,18,19)/b9-8+. The zero-order valence-electron chi connectivity index (χ0n) is 11.9. The maximum Gasteiger partial charge on any atom is 0.328 e. The number of aliphatic carboxylic acids is 1. The molecule has 0 bridgehead atoms. The predicted molar refractivity (Wildman–Crippen MR) is 78.9 cm³/mol. The molecule has 0 atom stereocenters. The highest BCUT2D eigenvalue weighted by Crippen LogP contribution is 2.21. The molecule has 0 amide bonds. The Morgan fingerprint density at radius 2 is 2.15 bits per heavy atom. The first-order valence-electron chi connectivity index (χ1n) is 7.30. The fraction of sp³-hybridized carbons (Fsp3) is 0.500. The molecule has 0 spiro atoms. The highest BCUT2D eigenvalue weighted by Gasteiger charge is 2.16. The zero-order chi connectivity index (χ0) is 14.5. The molecule has 1 aromatic rings. The molecule has 1 N–H and O–H groups in total. The van der Waals surface area contributed by atoms with Crippen LogP contribution in [0.25, 0.3) is 6.08 Å². The van der Waals surface area contributed by atoms with E-state index in [1.165, 1.54) is 11.6 Å². The molecule has 0 fully saturated rings. The van der Waals surface area contributed by atoms with Crippen LogP contribution >= 0.6 is 0 Å². The molecule has 0 radical (unpaired) electrons.